The van der Waals surface area contributed by atoms with E-state index >= 15 is 0 Å². The van der Waals surface area contributed by atoms with Crippen LogP contribution in [0.1, 0.15) is 37.7 Å². The van der Waals surface area contributed by atoms with Gasteiger partial charge in [0.25, 0.3) is 0 Å². The number of nitrogens with two attached hydrogens (primary N) is 1. The zero-order chi connectivity index (χ0) is 9.26. The Morgan fingerprint density at radius 2 is 2.23 bits per heavy atom. The van der Waals surface area contributed by atoms with Crippen LogP contribution in [0.15, 0.2) is 23.0 Å². The lowest BCUT2D eigenvalue weighted by Gasteiger charge is -2.30. The molecule has 1 fully saturated rings. The van der Waals surface area contributed by atoms with Crippen LogP contribution in [0.2, 0.25) is 0 Å². The predicted octanol–water partition coefficient (Wildman–Crippen LogP) is 2.51. The van der Waals surface area contributed by atoms with Crippen molar-refractivity contribution in [2.45, 2.75) is 38.1 Å². The van der Waals surface area contributed by atoms with Crippen LogP contribution in [0.4, 0.5) is 0 Å². The fraction of sp³-hybridized carbons (Fsp3) is 0.636. The van der Waals surface area contributed by atoms with Gasteiger partial charge in [0.2, 0.25) is 0 Å². The molecule has 0 saturated heterocycles. The summed E-state index contributed by atoms with van der Waals surface area (Å²) in [5.74, 6) is 1.38. The molecule has 1 aromatic heterocycles. The molecule has 0 bridgehead atoms. The molecule has 2 rings (SSSR count). The topological polar surface area (TPSA) is 39.2 Å². The van der Waals surface area contributed by atoms with Crippen LogP contribution in [0.25, 0.3) is 0 Å². The lowest BCUT2D eigenvalue weighted by atomic mass is 9.77. The van der Waals surface area contributed by atoms with Crippen molar-refractivity contribution in [3.8, 4) is 0 Å². The van der Waals surface area contributed by atoms with Gasteiger partial charge in [-0.3, -0.25) is 0 Å². The summed E-state index contributed by atoms with van der Waals surface area (Å²) in [6, 6.07) is 2.44. The molecule has 1 aromatic rings. The van der Waals surface area contributed by atoms with E-state index in [0.29, 0.717) is 12.0 Å². The fourth-order valence-corrected chi connectivity index (χ4v) is 2.44. The Kier molecular flexibility index (Phi) is 2.40. The van der Waals surface area contributed by atoms with Gasteiger partial charge in [-0.15, -0.1) is 0 Å². The summed E-state index contributed by atoms with van der Waals surface area (Å²) in [5, 5.41) is 0. The highest BCUT2D eigenvalue weighted by Crippen LogP contribution is 2.35. The lowest BCUT2D eigenvalue weighted by molar-refractivity contribution is 0.307. The van der Waals surface area contributed by atoms with Gasteiger partial charge < -0.3 is 10.2 Å². The molecule has 2 heteroatoms. The Hall–Kier alpha value is -0.760. The SMILES string of the molecule is CC1CC(N)CC(c2ccoc2)C1. The van der Waals surface area contributed by atoms with Gasteiger partial charge in [-0.25, -0.2) is 0 Å². The second-order valence-corrected chi connectivity index (χ2v) is 4.33. The van der Waals surface area contributed by atoms with Crippen LogP contribution in [0.5, 0.6) is 0 Å². The van der Waals surface area contributed by atoms with Crippen molar-refractivity contribution >= 4 is 0 Å². The van der Waals surface area contributed by atoms with Crippen molar-refractivity contribution in [1.82, 2.24) is 0 Å². The highest BCUT2D eigenvalue weighted by atomic mass is 16.3. The maximum atomic E-state index is 5.99. The van der Waals surface area contributed by atoms with Crippen molar-refractivity contribution in [3.05, 3.63) is 24.2 Å². The molecule has 2 N–H and O–H groups in total. The minimum absolute atomic E-state index is 0.378. The molecular formula is C11H17NO. The second kappa shape index (κ2) is 3.54. The van der Waals surface area contributed by atoms with Gasteiger partial charge >= 0.3 is 0 Å². The molecule has 13 heavy (non-hydrogen) atoms. The van der Waals surface area contributed by atoms with E-state index in [9.17, 15) is 0 Å². The van der Waals surface area contributed by atoms with Gasteiger partial charge in [0, 0.05) is 6.04 Å². The van der Waals surface area contributed by atoms with Gasteiger partial charge in [-0.05, 0) is 42.7 Å². The van der Waals surface area contributed by atoms with Crippen molar-refractivity contribution < 1.29 is 4.42 Å². The Morgan fingerprint density at radius 3 is 2.85 bits per heavy atom. The molecule has 3 atom stereocenters. The molecule has 0 aromatic carbocycles. The highest BCUT2D eigenvalue weighted by Gasteiger charge is 2.25. The Labute approximate surface area is 79.1 Å². The number of rotatable bonds is 1. The Morgan fingerprint density at radius 1 is 1.38 bits per heavy atom. The maximum Gasteiger partial charge on any atom is 0.0937 e. The predicted molar refractivity (Wildman–Crippen MR) is 52.4 cm³/mol. The third-order valence-electron chi connectivity index (χ3n) is 2.99. The molecule has 72 valence electrons. The van der Waals surface area contributed by atoms with Crippen LogP contribution < -0.4 is 5.73 Å². The first-order valence-corrected chi connectivity index (χ1v) is 5.03. The fourth-order valence-electron chi connectivity index (χ4n) is 2.44. The number of hydrogen-bond donors (Lipinski definition) is 1. The first-order valence-electron chi connectivity index (χ1n) is 5.03. The van der Waals surface area contributed by atoms with Crippen LogP contribution in [-0.4, -0.2) is 6.04 Å². The van der Waals surface area contributed by atoms with Crippen molar-refractivity contribution in [3.63, 3.8) is 0 Å². The van der Waals surface area contributed by atoms with Crippen molar-refractivity contribution in [2.24, 2.45) is 11.7 Å². The quantitative estimate of drug-likeness (QED) is 0.719. The minimum Gasteiger partial charge on any atom is -0.472 e. The highest BCUT2D eigenvalue weighted by molar-refractivity contribution is 5.14. The molecule has 0 spiro atoms. The Bertz CT molecular complexity index is 245. The van der Waals surface area contributed by atoms with Crippen LogP contribution >= 0.6 is 0 Å². The summed E-state index contributed by atoms with van der Waals surface area (Å²) >= 11 is 0. The summed E-state index contributed by atoms with van der Waals surface area (Å²) in [5.41, 5.74) is 7.31. The van der Waals surface area contributed by atoms with Gasteiger partial charge in [-0.1, -0.05) is 6.92 Å². The van der Waals surface area contributed by atoms with E-state index in [1.165, 1.54) is 18.4 Å². The van der Waals surface area contributed by atoms with E-state index in [1.54, 1.807) is 6.26 Å². The van der Waals surface area contributed by atoms with E-state index in [1.807, 2.05) is 6.26 Å². The molecule has 0 aliphatic heterocycles. The zero-order valence-electron chi connectivity index (χ0n) is 8.07. The summed E-state index contributed by atoms with van der Waals surface area (Å²) in [6.45, 7) is 2.28. The van der Waals surface area contributed by atoms with Gasteiger partial charge in [0.15, 0.2) is 0 Å². The smallest absolute Gasteiger partial charge is 0.0937 e. The average molecular weight is 179 g/mol. The average Bonchev–Trinajstić information content (AvgIpc) is 2.53. The number of furan rings is 1. The summed E-state index contributed by atoms with van der Waals surface area (Å²) < 4.78 is 5.10. The van der Waals surface area contributed by atoms with Gasteiger partial charge in [0.05, 0.1) is 12.5 Å². The Balaban J connectivity index is 2.07. The summed E-state index contributed by atoms with van der Waals surface area (Å²) in [6.07, 6.45) is 7.15. The maximum absolute atomic E-state index is 5.99. The molecule has 1 aliphatic rings. The van der Waals surface area contributed by atoms with Crippen LogP contribution in [-0.2, 0) is 0 Å². The number of hydrogen-bond acceptors (Lipinski definition) is 2. The minimum atomic E-state index is 0.378. The first kappa shape index (κ1) is 8.82. The largest absolute Gasteiger partial charge is 0.472 e. The summed E-state index contributed by atoms with van der Waals surface area (Å²) in [7, 11) is 0. The molecule has 0 amide bonds. The lowest BCUT2D eigenvalue weighted by Crippen LogP contribution is -2.30. The summed E-state index contributed by atoms with van der Waals surface area (Å²) in [4.78, 5) is 0. The normalized spacial score (nSPS) is 34.8. The molecular weight excluding hydrogens is 162 g/mol. The third-order valence-corrected chi connectivity index (χ3v) is 2.99. The van der Waals surface area contributed by atoms with E-state index < -0.39 is 0 Å². The van der Waals surface area contributed by atoms with E-state index in [2.05, 4.69) is 13.0 Å². The standard InChI is InChI=1S/C11H17NO/c1-8-4-10(6-11(12)5-8)9-2-3-13-7-9/h2-3,7-8,10-11H,4-6,12H2,1H3. The first-order chi connectivity index (χ1) is 6.25. The van der Waals surface area contributed by atoms with Gasteiger partial charge in [-0.2, -0.15) is 0 Å². The second-order valence-electron chi connectivity index (χ2n) is 4.33. The van der Waals surface area contributed by atoms with E-state index in [-0.39, 0.29) is 0 Å². The van der Waals surface area contributed by atoms with Crippen LogP contribution in [0, 0.1) is 5.92 Å². The zero-order valence-corrected chi connectivity index (χ0v) is 8.07. The molecule has 2 nitrogen and oxygen atoms in total. The van der Waals surface area contributed by atoms with Gasteiger partial charge in [0.1, 0.15) is 0 Å². The molecule has 3 unspecified atom stereocenters. The molecule has 1 saturated carbocycles. The third kappa shape index (κ3) is 1.94. The van der Waals surface area contributed by atoms with E-state index in [0.717, 1.165) is 12.3 Å². The monoisotopic (exact) mass is 179 g/mol. The van der Waals surface area contributed by atoms with E-state index in [4.69, 9.17) is 10.2 Å². The molecule has 1 aliphatic carbocycles. The molecule has 0 radical (unpaired) electrons. The van der Waals surface area contributed by atoms with Crippen molar-refractivity contribution in [1.29, 1.82) is 0 Å². The van der Waals surface area contributed by atoms with Crippen LogP contribution in [0.3, 0.4) is 0 Å². The molecule has 1 heterocycles. The van der Waals surface area contributed by atoms with Crippen molar-refractivity contribution in [2.75, 3.05) is 0 Å².